The maximum atomic E-state index is 13.3. The standard InChI is InChI=1S/C31H41NO3.C20H35NO2.C11H8O2/c1-20-8-11-27-26(18-32-29(35)23-10-9-21-6-4-5-7-22(21)16-23)28(13-15-30(20,27)2)31(3)14-12-25(34)17-24(31)19-33;1-13-4-5-17-16(11-21)18(7-9-19(13,17)2)20(3)8-6-15(23)10-14(20)12-22;12-11(13)10-6-5-8-3-1-2-4-9(8)7-10/h4-7,9-10,16,24-28,33-34H,1,8,11-15,17-19H2,2-3H3,(H,32,35);14-18,22-23H,1,4-12,21H2,2-3H3;1-7H,(H,12,13)/t24-,25+,26+,27+,28+,30-,31+;14-,15+,16+,17+,18+,19-,20+;/m11./s1. The summed E-state index contributed by atoms with van der Waals surface area (Å²) in [6, 6.07) is 26.9. The van der Waals surface area contributed by atoms with E-state index >= 15 is 0 Å². The van der Waals surface area contributed by atoms with E-state index in [-0.39, 0.29) is 64.8 Å². The highest BCUT2D eigenvalue weighted by molar-refractivity contribution is 5.98. The summed E-state index contributed by atoms with van der Waals surface area (Å²) in [5.41, 5.74) is 10.6. The zero-order valence-corrected chi connectivity index (χ0v) is 43.1. The Morgan fingerprint density at radius 1 is 0.592 bits per heavy atom. The molecule has 0 heterocycles. The maximum Gasteiger partial charge on any atom is 0.335 e. The van der Waals surface area contributed by atoms with E-state index < -0.39 is 5.97 Å². The number of allylic oxidation sites excluding steroid dienone is 2. The summed E-state index contributed by atoms with van der Waals surface area (Å²) in [4.78, 5) is 23.9. The van der Waals surface area contributed by atoms with Gasteiger partial charge in [-0.25, -0.2) is 4.79 Å². The van der Waals surface area contributed by atoms with E-state index in [2.05, 4.69) is 52.2 Å². The SMILES string of the molecule is C=C1CC[C@H]2[C@H](CN)[C@@H]([C@@]3(C)CC[C@H](O)C[C@@H]3CO)CC[C@]12C.C=C1CC[C@H]2[C@H](CNC(=O)c3ccc4ccccc4c3)[C@@H]([C@@]3(C)CC[C@H](O)C[C@@H]3CO)CC[C@]12C.O=C(O)c1ccc2ccccc2c1. The third kappa shape index (κ3) is 10.3. The zero-order chi connectivity index (χ0) is 50.9. The van der Waals surface area contributed by atoms with Crippen LogP contribution in [0, 0.1) is 69.0 Å². The molecule has 71 heavy (non-hydrogen) atoms. The smallest absolute Gasteiger partial charge is 0.335 e. The Hall–Kier alpha value is -4.38. The number of aromatic carboxylic acids is 1. The van der Waals surface area contributed by atoms with Crippen LogP contribution in [-0.4, -0.2) is 75.9 Å². The highest BCUT2D eigenvalue weighted by atomic mass is 16.4. The van der Waals surface area contributed by atoms with E-state index in [1.807, 2.05) is 66.7 Å². The highest BCUT2D eigenvalue weighted by Crippen LogP contribution is 2.65. The van der Waals surface area contributed by atoms with E-state index in [1.165, 1.54) is 30.4 Å². The summed E-state index contributed by atoms with van der Waals surface area (Å²) in [5, 5.41) is 56.9. The molecular weight excluding hydrogens is 885 g/mol. The highest BCUT2D eigenvalue weighted by Gasteiger charge is 2.58. The number of carbonyl (C=O) groups excluding carboxylic acids is 1. The Morgan fingerprint density at radius 3 is 1.49 bits per heavy atom. The molecule has 0 aromatic heterocycles. The maximum absolute atomic E-state index is 13.3. The Bertz CT molecular complexity index is 2560. The first-order valence-corrected chi connectivity index (χ1v) is 27.0. The fourth-order valence-electron chi connectivity index (χ4n) is 15.9. The van der Waals surface area contributed by atoms with Gasteiger partial charge in [0.25, 0.3) is 5.91 Å². The van der Waals surface area contributed by atoms with Gasteiger partial charge in [0.05, 0.1) is 17.8 Å². The summed E-state index contributed by atoms with van der Waals surface area (Å²) in [6.07, 6.45) is 13.7. The van der Waals surface area contributed by atoms with Crippen LogP contribution in [0.25, 0.3) is 21.5 Å². The molecule has 0 saturated heterocycles. The lowest BCUT2D eigenvalue weighted by molar-refractivity contribution is -0.0928. The van der Waals surface area contributed by atoms with E-state index in [1.54, 1.807) is 12.1 Å². The molecule has 9 heteroatoms. The quantitative estimate of drug-likeness (QED) is 0.0812. The fraction of sp³-hybridized carbons (Fsp3) is 0.581. The van der Waals surface area contributed by atoms with Crippen LogP contribution in [0.2, 0.25) is 0 Å². The molecule has 0 aliphatic heterocycles. The predicted molar refractivity (Wildman–Crippen MR) is 286 cm³/mol. The van der Waals surface area contributed by atoms with E-state index in [4.69, 9.17) is 10.8 Å². The first kappa shape index (κ1) is 52.9. The van der Waals surface area contributed by atoms with Gasteiger partial charge in [-0.3, -0.25) is 4.79 Å². The molecule has 14 atom stereocenters. The van der Waals surface area contributed by atoms with Gasteiger partial charge in [-0.1, -0.05) is 113 Å². The molecule has 0 bridgehead atoms. The van der Waals surface area contributed by atoms with Crippen molar-refractivity contribution in [2.24, 2.45) is 74.7 Å². The minimum atomic E-state index is -0.884. The van der Waals surface area contributed by atoms with Gasteiger partial charge in [-0.05, 0) is 211 Å². The van der Waals surface area contributed by atoms with Crippen molar-refractivity contribution >= 4 is 33.4 Å². The van der Waals surface area contributed by atoms with Crippen LogP contribution in [0.5, 0.6) is 0 Å². The van der Waals surface area contributed by atoms with Crippen LogP contribution >= 0.6 is 0 Å². The number of benzene rings is 4. The van der Waals surface area contributed by atoms with Crippen molar-refractivity contribution in [3.05, 3.63) is 120 Å². The topological polar surface area (TPSA) is 173 Å². The molecule has 4 aromatic carbocycles. The van der Waals surface area contributed by atoms with Gasteiger partial charge in [-0.15, -0.1) is 0 Å². The van der Waals surface area contributed by atoms with Crippen LogP contribution in [0.1, 0.15) is 138 Å². The van der Waals surface area contributed by atoms with Gasteiger partial charge in [0.1, 0.15) is 0 Å². The second kappa shape index (κ2) is 21.6. The molecule has 0 spiro atoms. The minimum absolute atomic E-state index is 0.0125. The molecule has 4 aromatic rings. The monoisotopic (exact) mass is 969 g/mol. The number of fused-ring (bicyclic) bond motifs is 4. The molecule has 8 N–H and O–H groups in total. The molecule has 1 amide bonds. The third-order valence-electron chi connectivity index (χ3n) is 20.7. The number of hydrogen-bond acceptors (Lipinski definition) is 7. The molecule has 9 nitrogen and oxygen atoms in total. The van der Waals surface area contributed by atoms with Gasteiger partial charge in [0.2, 0.25) is 0 Å². The van der Waals surface area contributed by atoms with Gasteiger partial charge < -0.3 is 36.6 Å². The average molecular weight is 969 g/mol. The van der Waals surface area contributed by atoms with Crippen molar-refractivity contribution in [2.75, 3.05) is 26.3 Å². The van der Waals surface area contributed by atoms with Gasteiger partial charge in [0.15, 0.2) is 0 Å². The van der Waals surface area contributed by atoms with E-state index in [0.29, 0.717) is 59.6 Å². The van der Waals surface area contributed by atoms with Crippen molar-refractivity contribution in [1.82, 2.24) is 5.32 Å². The Morgan fingerprint density at radius 2 is 1.03 bits per heavy atom. The molecule has 6 aliphatic rings. The lowest BCUT2D eigenvalue weighted by atomic mass is 9.49. The molecule has 6 saturated carbocycles. The van der Waals surface area contributed by atoms with Gasteiger partial charge in [-0.2, -0.15) is 0 Å². The van der Waals surface area contributed by atoms with Gasteiger partial charge >= 0.3 is 5.97 Å². The number of nitrogens with two attached hydrogens (primary N) is 1. The van der Waals surface area contributed by atoms with Gasteiger partial charge in [0, 0.05) is 25.3 Å². The van der Waals surface area contributed by atoms with Crippen molar-refractivity contribution in [1.29, 1.82) is 0 Å². The van der Waals surface area contributed by atoms with E-state index in [0.717, 1.165) is 92.3 Å². The summed E-state index contributed by atoms with van der Waals surface area (Å²) in [6.45, 7) is 20.0. The Kier molecular flexibility index (Phi) is 16.1. The molecule has 6 aliphatic carbocycles. The second-order valence-electron chi connectivity index (χ2n) is 24.0. The van der Waals surface area contributed by atoms with Crippen molar-refractivity contribution in [3.63, 3.8) is 0 Å². The summed E-state index contributed by atoms with van der Waals surface area (Å²) >= 11 is 0. The van der Waals surface area contributed by atoms with Crippen LogP contribution in [0.3, 0.4) is 0 Å². The minimum Gasteiger partial charge on any atom is -0.478 e. The van der Waals surface area contributed by atoms with Crippen molar-refractivity contribution < 1.29 is 35.1 Å². The number of aliphatic hydroxyl groups is 4. The lowest BCUT2D eigenvalue weighted by Crippen LogP contribution is -2.53. The average Bonchev–Trinajstić information content (AvgIpc) is 3.86. The predicted octanol–water partition coefficient (Wildman–Crippen LogP) is 11.4. The van der Waals surface area contributed by atoms with Crippen LogP contribution < -0.4 is 11.1 Å². The van der Waals surface area contributed by atoms with Crippen LogP contribution in [-0.2, 0) is 0 Å². The number of hydrogen-bond donors (Lipinski definition) is 7. The number of amides is 1. The number of aliphatic hydroxyl groups excluding tert-OH is 4. The Balaban J connectivity index is 0.000000160. The largest absolute Gasteiger partial charge is 0.478 e. The summed E-state index contributed by atoms with van der Waals surface area (Å²) in [7, 11) is 0. The first-order valence-electron chi connectivity index (χ1n) is 27.0. The number of carboxylic acids is 1. The lowest BCUT2D eigenvalue weighted by Gasteiger charge is -2.56. The summed E-state index contributed by atoms with van der Waals surface area (Å²) in [5.74, 6) is 2.41. The number of carbonyl (C=O) groups is 2. The molecule has 384 valence electrons. The number of rotatable bonds is 9. The van der Waals surface area contributed by atoms with Crippen molar-refractivity contribution in [2.45, 2.75) is 130 Å². The molecule has 0 radical (unpaired) electrons. The third-order valence-corrected chi connectivity index (χ3v) is 20.7. The number of nitrogens with one attached hydrogen (secondary N) is 1. The zero-order valence-electron chi connectivity index (χ0n) is 43.1. The second-order valence-corrected chi connectivity index (χ2v) is 24.0. The summed E-state index contributed by atoms with van der Waals surface area (Å²) < 4.78 is 0. The van der Waals surface area contributed by atoms with E-state index in [9.17, 15) is 30.0 Å². The fourth-order valence-corrected chi connectivity index (χ4v) is 15.9. The van der Waals surface area contributed by atoms with Crippen molar-refractivity contribution in [3.8, 4) is 0 Å². The molecule has 0 unspecified atom stereocenters. The van der Waals surface area contributed by atoms with Crippen LogP contribution in [0.15, 0.2) is 109 Å². The number of carboxylic acid groups (broad SMARTS) is 1. The van der Waals surface area contributed by atoms with Crippen LogP contribution in [0.4, 0.5) is 0 Å². The molecular formula is C62H84N2O7. The molecule has 6 fully saturated rings. The Labute approximate surface area is 423 Å². The molecule has 10 rings (SSSR count). The first-order chi connectivity index (χ1) is 33.9. The normalized spacial score (nSPS) is 36.7.